The molecule has 0 unspecified atom stereocenters. The highest BCUT2D eigenvalue weighted by Crippen LogP contribution is 2.31. The van der Waals surface area contributed by atoms with Crippen molar-refractivity contribution in [2.24, 2.45) is 0 Å². The summed E-state index contributed by atoms with van der Waals surface area (Å²) in [4.78, 5) is 26.7. The molecule has 24 heavy (non-hydrogen) atoms. The number of rotatable bonds is 3. The van der Waals surface area contributed by atoms with Crippen molar-refractivity contribution in [2.75, 3.05) is 6.54 Å². The van der Waals surface area contributed by atoms with Gasteiger partial charge in [-0.15, -0.1) is 0 Å². The fourth-order valence-corrected chi connectivity index (χ4v) is 3.11. The van der Waals surface area contributed by atoms with Gasteiger partial charge in [0, 0.05) is 37.0 Å². The number of hydrogen-bond acceptors (Lipinski definition) is 4. The molecule has 0 aliphatic carbocycles. The van der Waals surface area contributed by atoms with Crippen LogP contribution in [-0.2, 0) is 0 Å². The number of aromatic amines is 1. The second-order valence-electron chi connectivity index (χ2n) is 5.96. The third-order valence-electron chi connectivity index (χ3n) is 4.29. The van der Waals surface area contributed by atoms with E-state index in [1.54, 1.807) is 29.3 Å². The number of amides is 1. The molecule has 0 spiro atoms. The van der Waals surface area contributed by atoms with Gasteiger partial charge in [0.25, 0.3) is 5.91 Å². The van der Waals surface area contributed by atoms with Gasteiger partial charge in [-0.3, -0.25) is 4.79 Å². The number of H-pyrrole nitrogens is 1. The average Bonchev–Trinajstić information content (AvgIpc) is 3.35. The molecule has 1 saturated heterocycles. The molecule has 7 heteroatoms. The van der Waals surface area contributed by atoms with Gasteiger partial charge in [0.05, 0.1) is 11.6 Å². The molecule has 3 aromatic rings. The van der Waals surface area contributed by atoms with Crippen molar-refractivity contribution in [3.05, 3.63) is 60.1 Å². The summed E-state index contributed by atoms with van der Waals surface area (Å²) in [7, 11) is 0. The molecular formula is C17H18N6O. The molecule has 1 aliphatic heterocycles. The minimum atomic E-state index is -0.00827. The first-order valence-electron chi connectivity index (χ1n) is 8.01. The van der Waals surface area contributed by atoms with Crippen LogP contribution in [0.5, 0.6) is 0 Å². The Morgan fingerprint density at radius 2 is 2.21 bits per heavy atom. The Kier molecular flexibility index (Phi) is 3.60. The fourth-order valence-electron chi connectivity index (χ4n) is 3.11. The van der Waals surface area contributed by atoms with E-state index in [9.17, 15) is 4.79 Å². The van der Waals surface area contributed by atoms with E-state index in [-0.39, 0.29) is 11.9 Å². The molecule has 1 fully saturated rings. The van der Waals surface area contributed by atoms with Crippen LogP contribution in [0, 0.1) is 6.92 Å². The first kappa shape index (κ1) is 14.6. The van der Waals surface area contributed by atoms with Gasteiger partial charge in [0.15, 0.2) is 5.82 Å². The quantitative estimate of drug-likeness (QED) is 0.802. The summed E-state index contributed by atoms with van der Waals surface area (Å²) in [5, 5.41) is 4.14. The third kappa shape index (κ3) is 2.58. The number of pyridine rings is 1. The maximum Gasteiger partial charge on any atom is 0.256 e. The van der Waals surface area contributed by atoms with Gasteiger partial charge in [-0.1, -0.05) is 0 Å². The maximum atomic E-state index is 12.9. The molecule has 1 amide bonds. The molecule has 3 aromatic heterocycles. The number of nitrogens with zero attached hydrogens (tertiary/aromatic N) is 5. The number of imidazole rings is 1. The monoisotopic (exact) mass is 322 g/mol. The summed E-state index contributed by atoms with van der Waals surface area (Å²) in [6, 6.07) is 5.45. The smallest absolute Gasteiger partial charge is 0.256 e. The average molecular weight is 322 g/mol. The maximum absolute atomic E-state index is 12.9. The van der Waals surface area contributed by atoms with Gasteiger partial charge in [0.1, 0.15) is 5.82 Å². The zero-order valence-corrected chi connectivity index (χ0v) is 13.4. The molecule has 0 bridgehead atoms. The molecule has 0 aromatic carbocycles. The van der Waals surface area contributed by atoms with Crippen LogP contribution in [0.15, 0.2) is 43.0 Å². The first-order valence-corrected chi connectivity index (χ1v) is 8.01. The summed E-state index contributed by atoms with van der Waals surface area (Å²) >= 11 is 0. The second kappa shape index (κ2) is 5.92. The lowest BCUT2D eigenvalue weighted by Crippen LogP contribution is -2.31. The minimum Gasteiger partial charge on any atom is -0.344 e. The predicted molar refractivity (Wildman–Crippen MR) is 87.7 cm³/mol. The normalized spacial score (nSPS) is 17.4. The Morgan fingerprint density at radius 1 is 1.29 bits per heavy atom. The van der Waals surface area contributed by atoms with E-state index in [1.807, 2.05) is 30.2 Å². The number of carbonyl (C=O) groups is 1. The molecule has 1 N–H and O–H groups in total. The zero-order chi connectivity index (χ0) is 16.5. The van der Waals surface area contributed by atoms with Crippen molar-refractivity contribution >= 4 is 5.91 Å². The highest BCUT2D eigenvalue weighted by molar-refractivity contribution is 5.94. The zero-order valence-electron chi connectivity index (χ0n) is 13.4. The van der Waals surface area contributed by atoms with E-state index in [0.717, 1.165) is 30.9 Å². The van der Waals surface area contributed by atoms with Crippen molar-refractivity contribution in [3.63, 3.8) is 0 Å². The van der Waals surface area contributed by atoms with Gasteiger partial charge in [0.2, 0.25) is 0 Å². The van der Waals surface area contributed by atoms with Gasteiger partial charge in [-0.2, -0.15) is 5.10 Å². The molecule has 7 nitrogen and oxygen atoms in total. The lowest BCUT2D eigenvalue weighted by Gasteiger charge is -2.23. The molecule has 4 rings (SSSR count). The lowest BCUT2D eigenvalue weighted by atomic mass is 10.2. The Morgan fingerprint density at radius 3 is 2.88 bits per heavy atom. The van der Waals surface area contributed by atoms with E-state index in [1.165, 1.54) is 0 Å². The fraction of sp³-hybridized carbons (Fsp3) is 0.294. The highest BCUT2D eigenvalue weighted by Gasteiger charge is 2.32. The van der Waals surface area contributed by atoms with Crippen LogP contribution in [0.4, 0.5) is 0 Å². The van der Waals surface area contributed by atoms with Gasteiger partial charge in [-0.25, -0.2) is 14.6 Å². The van der Waals surface area contributed by atoms with Crippen LogP contribution < -0.4 is 0 Å². The number of hydrogen-bond donors (Lipinski definition) is 1. The minimum absolute atomic E-state index is 0.00827. The van der Waals surface area contributed by atoms with Crippen LogP contribution in [0.3, 0.4) is 0 Å². The van der Waals surface area contributed by atoms with E-state index in [2.05, 4.69) is 20.1 Å². The van der Waals surface area contributed by atoms with Crippen LogP contribution in [0.25, 0.3) is 5.82 Å². The third-order valence-corrected chi connectivity index (χ3v) is 4.29. The molecule has 4 heterocycles. The second-order valence-corrected chi connectivity index (χ2v) is 5.96. The van der Waals surface area contributed by atoms with E-state index < -0.39 is 0 Å². The van der Waals surface area contributed by atoms with Crippen LogP contribution in [0.2, 0.25) is 0 Å². The predicted octanol–water partition coefficient (Wildman–Crippen LogP) is 2.28. The largest absolute Gasteiger partial charge is 0.344 e. The van der Waals surface area contributed by atoms with Gasteiger partial charge >= 0.3 is 0 Å². The number of nitrogens with one attached hydrogen (secondary N) is 1. The molecule has 1 atom stereocenters. The molecule has 0 radical (unpaired) electrons. The Bertz CT molecular complexity index is 836. The van der Waals surface area contributed by atoms with Crippen LogP contribution >= 0.6 is 0 Å². The highest BCUT2D eigenvalue weighted by atomic mass is 16.2. The summed E-state index contributed by atoms with van der Waals surface area (Å²) < 4.78 is 1.67. The van der Waals surface area contributed by atoms with Crippen molar-refractivity contribution in [1.82, 2.24) is 29.6 Å². The summed E-state index contributed by atoms with van der Waals surface area (Å²) in [5.41, 5.74) is 1.59. The summed E-state index contributed by atoms with van der Waals surface area (Å²) in [6.45, 7) is 2.71. The summed E-state index contributed by atoms with van der Waals surface area (Å²) in [6.07, 6.45) is 8.84. The molecular weight excluding hydrogens is 304 g/mol. The first-order chi connectivity index (χ1) is 11.7. The number of aryl methyl sites for hydroxylation is 1. The Balaban J connectivity index is 1.56. The van der Waals surface area contributed by atoms with E-state index in [4.69, 9.17) is 0 Å². The lowest BCUT2D eigenvalue weighted by molar-refractivity contribution is 0.0730. The van der Waals surface area contributed by atoms with Crippen LogP contribution in [0.1, 0.15) is 40.8 Å². The van der Waals surface area contributed by atoms with Crippen molar-refractivity contribution in [1.29, 1.82) is 0 Å². The van der Waals surface area contributed by atoms with E-state index in [0.29, 0.717) is 11.4 Å². The Hall–Kier alpha value is -2.96. The van der Waals surface area contributed by atoms with Crippen molar-refractivity contribution in [3.8, 4) is 5.82 Å². The standard InChI is InChI=1S/C17H18N6O/c1-12-10-19-16(21-12)14-4-2-8-22(14)17(24)13-5-6-15(18-11-13)23-9-3-7-20-23/h3,5-7,9-11,14H,2,4,8H2,1H3,(H,19,21)/t14-/m1/s1. The number of carbonyl (C=O) groups excluding carboxylic acids is 1. The molecule has 122 valence electrons. The topological polar surface area (TPSA) is 79.7 Å². The van der Waals surface area contributed by atoms with Crippen LogP contribution in [-0.4, -0.2) is 42.1 Å². The molecule has 1 aliphatic rings. The van der Waals surface area contributed by atoms with E-state index >= 15 is 0 Å². The Labute approximate surface area is 139 Å². The number of likely N-dealkylation sites (tertiary alicyclic amines) is 1. The SMILES string of the molecule is Cc1cnc([C@H]2CCCN2C(=O)c2ccc(-n3cccn3)nc2)[nH]1. The number of aromatic nitrogens is 5. The van der Waals surface area contributed by atoms with Crippen molar-refractivity contribution in [2.45, 2.75) is 25.8 Å². The van der Waals surface area contributed by atoms with Crippen molar-refractivity contribution < 1.29 is 4.79 Å². The molecule has 0 saturated carbocycles. The van der Waals surface area contributed by atoms with Gasteiger partial charge < -0.3 is 9.88 Å². The summed E-state index contributed by atoms with van der Waals surface area (Å²) in [5.74, 6) is 1.54. The van der Waals surface area contributed by atoms with Gasteiger partial charge in [-0.05, 0) is 38.0 Å².